The molecule has 24 heavy (non-hydrogen) atoms. The number of carbonyl (C=O) groups is 1. The van der Waals surface area contributed by atoms with Crippen molar-refractivity contribution in [2.24, 2.45) is 0 Å². The van der Waals surface area contributed by atoms with E-state index in [4.69, 9.17) is 4.74 Å². The molecule has 1 saturated heterocycles. The molecule has 2 aromatic rings. The number of hydrogen-bond donors (Lipinski definition) is 0. The lowest BCUT2D eigenvalue weighted by molar-refractivity contribution is -0.134. The molecule has 0 bridgehead atoms. The van der Waals surface area contributed by atoms with E-state index in [1.54, 1.807) is 7.11 Å². The molecule has 1 fully saturated rings. The van der Waals surface area contributed by atoms with Gasteiger partial charge in [-0.2, -0.15) is 9.61 Å². The van der Waals surface area contributed by atoms with Crippen LogP contribution in [-0.2, 0) is 9.53 Å². The number of aromatic nitrogens is 3. The molecule has 3 rings (SSSR count). The summed E-state index contributed by atoms with van der Waals surface area (Å²) in [6, 6.07) is 2.07. The number of carbonyl (C=O) groups excluding carboxylic acids is 1. The summed E-state index contributed by atoms with van der Waals surface area (Å²) in [4.78, 5) is 20.9. The second kappa shape index (κ2) is 6.76. The van der Waals surface area contributed by atoms with Crippen LogP contribution in [0.5, 0.6) is 0 Å². The van der Waals surface area contributed by atoms with Gasteiger partial charge in [0.1, 0.15) is 12.4 Å². The molecule has 0 atom stereocenters. The minimum absolute atomic E-state index is 0.0567. The first-order valence-corrected chi connectivity index (χ1v) is 8.36. The van der Waals surface area contributed by atoms with Crippen molar-refractivity contribution < 1.29 is 9.53 Å². The van der Waals surface area contributed by atoms with Gasteiger partial charge >= 0.3 is 0 Å². The maximum Gasteiger partial charge on any atom is 0.248 e. The predicted octanol–water partition coefficient (Wildman–Crippen LogP) is 1.34. The summed E-state index contributed by atoms with van der Waals surface area (Å²) in [5.41, 5.74) is 4.02. The normalized spacial score (nSPS) is 15.8. The van der Waals surface area contributed by atoms with Crippen LogP contribution in [0.15, 0.2) is 6.07 Å². The fraction of sp³-hybridized carbons (Fsp3) is 0.588. The second-order valence-corrected chi connectivity index (χ2v) is 6.36. The number of rotatable bonds is 3. The summed E-state index contributed by atoms with van der Waals surface area (Å²) in [7, 11) is 1.56. The molecule has 0 spiro atoms. The van der Waals surface area contributed by atoms with Crippen molar-refractivity contribution in [3.8, 4) is 0 Å². The monoisotopic (exact) mass is 331 g/mol. The van der Waals surface area contributed by atoms with Gasteiger partial charge in [0.05, 0.1) is 5.69 Å². The minimum Gasteiger partial charge on any atom is -0.375 e. The molecule has 0 unspecified atom stereocenters. The van der Waals surface area contributed by atoms with E-state index in [-0.39, 0.29) is 12.5 Å². The number of ether oxygens (including phenoxy) is 1. The summed E-state index contributed by atoms with van der Waals surface area (Å²) in [6.07, 6.45) is 0.928. The second-order valence-electron chi connectivity index (χ2n) is 6.36. The Morgan fingerprint density at radius 1 is 1.21 bits per heavy atom. The van der Waals surface area contributed by atoms with E-state index < -0.39 is 0 Å². The van der Waals surface area contributed by atoms with Gasteiger partial charge in [0.2, 0.25) is 5.91 Å². The summed E-state index contributed by atoms with van der Waals surface area (Å²) >= 11 is 0. The smallest absolute Gasteiger partial charge is 0.248 e. The molecule has 0 N–H and O–H groups in total. The van der Waals surface area contributed by atoms with Crippen LogP contribution in [0.1, 0.15) is 23.4 Å². The van der Waals surface area contributed by atoms with Gasteiger partial charge in [-0.25, -0.2) is 4.98 Å². The Hall–Kier alpha value is -2.15. The molecule has 130 valence electrons. The quantitative estimate of drug-likeness (QED) is 0.849. The molecule has 0 aromatic carbocycles. The molecule has 0 radical (unpaired) electrons. The largest absolute Gasteiger partial charge is 0.375 e. The van der Waals surface area contributed by atoms with Crippen molar-refractivity contribution in [3.05, 3.63) is 23.0 Å². The van der Waals surface area contributed by atoms with Crippen LogP contribution in [0.25, 0.3) is 5.65 Å². The van der Waals surface area contributed by atoms with Crippen molar-refractivity contribution >= 4 is 17.4 Å². The van der Waals surface area contributed by atoms with E-state index in [9.17, 15) is 4.79 Å². The third kappa shape index (κ3) is 3.08. The number of nitrogens with zero attached hydrogens (tertiary/aromatic N) is 5. The lowest BCUT2D eigenvalue weighted by Crippen LogP contribution is -2.37. The molecule has 0 aliphatic carbocycles. The first-order chi connectivity index (χ1) is 11.5. The molecule has 1 amide bonds. The highest BCUT2D eigenvalue weighted by molar-refractivity contribution is 5.77. The summed E-state index contributed by atoms with van der Waals surface area (Å²) < 4.78 is 6.91. The van der Waals surface area contributed by atoms with E-state index in [0.29, 0.717) is 6.54 Å². The van der Waals surface area contributed by atoms with Crippen molar-refractivity contribution in [2.75, 3.05) is 44.8 Å². The van der Waals surface area contributed by atoms with Crippen LogP contribution in [0.4, 0.5) is 5.82 Å². The third-order valence-corrected chi connectivity index (χ3v) is 4.61. The average Bonchev–Trinajstić information content (AvgIpc) is 2.75. The average molecular weight is 331 g/mol. The summed E-state index contributed by atoms with van der Waals surface area (Å²) in [5, 5.41) is 4.66. The zero-order valence-electron chi connectivity index (χ0n) is 14.9. The molecular weight excluding hydrogens is 306 g/mol. The van der Waals surface area contributed by atoms with Crippen LogP contribution in [-0.4, -0.2) is 65.3 Å². The first-order valence-electron chi connectivity index (χ1n) is 8.36. The Morgan fingerprint density at radius 2 is 2.00 bits per heavy atom. The van der Waals surface area contributed by atoms with Crippen molar-refractivity contribution in [1.29, 1.82) is 0 Å². The summed E-state index contributed by atoms with van der Waals surface area (Å²) in [5.74, 6) is 1.11. The van der Waals surface area contributed by atoms with Crippen LogP contribution >= 0.6 is 0 Å². The highest BCUT2D eigenvalue weighted by Crippen LogP contribution is 2.22. The van der Waals surface area contributed by atoms with Crippen LogP contribution < -0.4 is 4.90 Å². The maximum absolute atomic E-state index is 12.1. The highest BCUT2D eigenvalue weighted by Gasteiger charge is 2.22. The summed E-state index contributed by atoms with van der Waals surface area (Å²) in [6.45, 7) is 9.37. The van der Waals surface area contributed by atoms with E-state index in [1.807, 2.05) is 23.3 Å². The van der Waals surface area contributed by atoms with E-state index in [1.165, 1.54) is 0 Å². The first kappa shape index (κ1) is 16.7. The Labute approximate surface area is 142 Å². The third-order valence-electron chi connectivity index (χ3n) is 4.61. The van der Waals surface area contributed by atoms with E-state index in [0.717, 1.165) is 54.5 Å². The number of amides is 1. The zero-order valence-corrected chi connectivity index (χ0v) is 14.9. The fourth-order valence-corrected chi connectivity index (χ4v) is 3.17. The Balaban J connectivity index is 1.88. The lowest BCUT2D eigenvalue weighted by atomic mass is 10.3. The van der Waals surface area contributed by atoms with Gasteiger partial charge in [0.25, 0.3) is 0 Å². The molecule has 7 nitrogen and oxygen atoms in total. The number of aryl methyl sites for hydroxylation is 3. The Morgan fingerprint density at radius 3 is 2.75 bits per heavy atom. The SMILES string of the molecule is COCC(=O)N1CCCN(c2cc(C)nc3c(C)c(C)nn23)CC1. The molecule has 7 heteroatoms. The van der Waals surface area contributed by atoms with E-state index in [2.05, 4.69) is 28.0 Å². The predicted molar refractivity (Wildman–Crippen MR) is 92.5 cm³/mol. The molecule has 1 aliphatic heterocycles. The van der Waals surface area contributed by atoms with Gasteiger partial charge in [0, 0.05) is 50.6 Å². The molecular formula is C17H25N5O2. The van der Waals surface area contributed by atoms with E-state index >= 15 is 0 Å². The van der Waals surface area contributed by atoms with Crippen LogP contribution in [0.3, 0.4) is 0 Å². The minimum atomic E-state index is 0.0567. The standard InChI is InChI=1S/C17H25N5O2/c1-12-10-15(22-17(18-12)13(2)14(3)19-22)20-6-5-7-21(9-8-20)16(23)11-24-4/h10H,5-9,11H2,1-4H3. The number of fused-ring (bicyclic) bond motifs is 1. The highest BCUT2D eigenvalue weighted by atomic mass is 16.5. The zero-order chi connectivity index (χ0) is 17.3. The van der Waals surface area contributed by atoms with Crippen LogP contribution in [0, 0.1) is 20.8 Å². The van der Waals surface area contributed by atoms with Gasteiger partial charge in [-0.15, -0.1) is 0 Å². The van der Waals surface area contributed by atoms with Gasteiger partial charge in [0.15, 0.2) is 5.65 Å². The van der Waals surface area contributed by atoms with Gasteiger partial charge in [-0.1, -0.05) is 0 Å². The molecule has 0 saturated carbocycles. The van der Waals surface area contributed by atoms with Crippen molar-refractivity contribution in [1.82, 2.24) is 19.5 Å². The topological polar surface area (TPSA) is 63.0 Å². The van der Waals surface area contributed by atoms with Crippen LogP contribution in [0.2, 0.25) is 0 Å². The Kier molecular flexibility index (Phi) is 4.71. The van der Waals surface area contributed by atoms with Crippen molar-refractivity contribution in [2.45, 2.75) is 27.2 Å². The van der Waals surface area contributed by atoms with Gasteiger partial charge in [-0.3, -0.25) is 4.79 Å². The number of hydrogen-bond acceptors (Lipinski definition) is 5. The molecule has 3 heterocycles. The van der Waals surface area contributed by atoms with Crippen molar-refractivity contribution in [3.63, 3.8) is 0 Å². The molecule has 1 aliphatic rings. The Bertz CT molecular complexity index is 755. The number of anilines is 1. The maximum atomic E-state index is 12.1. The molecule has 2 aromatic heterocycles. The fourth-order valence-electron chi connectivity index (χ4n) is 3.17. The lowest BCUT2D eigenvalue weighted by Gasteiger charge is -2.24. The number of methoxy groups -OCH3 is 1. The van der Waals surface area contributed by atoms with Gasteiger partial charge in [-0.05, 0) is 27.2 Å². The van der Waals surface area contributed by atoms with Gasteiger partial charge < -0.3 is 14.5 Å².